The van der Waals surface area contributed by atoms with Crippen molar-refractivity contribution in [3.05, 3.63) is 66.3 Å². The van der Waals surface area contributed by atoms with E-state index in [0.29, 0.717) is 5.89 Å². The van der Waals surface area contributed by atoms with Crippen molar-refractivity contribution in [2.45, 2.75) is 25.7 Å². The molecule has 6 heterocycles. The van der Waals surface area contributed by atoms with E-state index in [1.54, 1.807) is 0 Å². The third-order valence-electron chi connectivity index (χ3n) is 7.85. The molecule has 0 N–H and O–H groups in total. The second-order valence-corrected chi connectivity index (χ2v) is 9.81. The Morgan fingerprint density at radius 2 is 1.94 bits per heavy atom. The zero-order chi connectivity index (χ0) is 21.5. The first-order valence-corrected chi connectivity index (χ1v) is 12.1. The molecule has 32 heavy (non-hydrogen) atoms. The van der Waals surface area contributed by atoms with Crippen LogP contribution in [0.2, 0.25) is 0 Å². The zero-order valence-electron chi connectivity index (χ0n) is 18.9. The third kappa shape index (κ3) is 3.55. The highest BCUT2D eigenvalue weighted by Crippen LogP contribution is 2.36. The molecule has 0 aliphatic carbocycles. The first kappa shape index (κ1) is 19.7. The van der Waals surface area contributed by atoms with E-state index < -0.39 is 0 Å². The SMILES string of the molecule is C[n+]1cccc2oc(/C=C3\C=CN(CCC[N+]45CCC(CC4)CC5)c4ccccc43)nc21. The van der Waals surface area contributed by atoms with Crippen LogP contribution in [0.1, 0.15) is 37.1 Å². The highest BCUT2D eigenvalue weighted by atomic mass is 16.3. The molecule has 0 unspecified atom stereocenters. The molecule has 2 bridgehead atoms. The third-order valence-corrected chi connectivity index (χ3v) is 7.85. The van der Waals surface area contributed by atoms with Crippen LogP contribution in [-0.4, -0.2) is 42.2 Å². The first-order valence-electron chi connectivity index (χ1n) is 12.1. The Kier molecular flexibility index (Phi) is 4.87. The molecule has 3 fully saturated rings. The van der Waals surface area contributed by atoms with Crippen LogP contribution in [0.5, 0.6) is 0 Å². The summed E-state index contributed by atoms with van der Waals surface area (Å²) in [5, 5.41) is 0. The molecule has 164 valence electrons. The van der Waals surface area contributed by atoms with E-state index in [0.717, 1.165) is 29.3 Å². The average molecular weight is 429 g/mol. The average Bonchev–Trinajstić information content (AvgIpc) is 3.25. The normalized spacial score (nSPS) is 25.6. The molecule has 0 spiro atoms. The Morgan fingerprint density at radius 3 is 2.75 bits per heavy atom. The lowest BCUT2D eigenvalue weighted by molar-refractivity contribution is -0.942. The molecule has 5 heteroatoms. The molecule has 2 aromatic heterocycles. The molecule has 1 aromatic carbocycles. The van der Waals surface area contributed by atoms with Gasteiger partial charge < -0.3 is 13.8 Å². The Bertz CT molecular complexity index is 1190. The standard InChI is InChI=1S/C27H32N4O/c1-29-13-4-8-25-27(29)28-26(32-25)20-22-9-15-30(24-7-3-2-6-23(22)24)14-5-16-31-17-10-21(11-18-31)12-19-31/h2-4,6-9,13,15,20-21H,5,10-12,14,16-19H2,1H3/q+2. The molecule has 4 aliphatic heterocycles. The lowest BCUT2D eigenvalue weighted by Crippen LogP contribution is -2.58. The van der Waals surface area contributed by atoms with Gasteiger partial charge in [-0.25, -0.2) is 4.57 Å². The van der Waals surface area contributed by atoms with E-state index in [-0.39, 0.29) is 0 Å². The first-order chi connectivity index (χ1) is 15.7. The largest absolute Gasteiger partial charge is 0.411 e. The molecule has 4 aliphatic rings. The fourth-order valence-electron chi connectivity index (χ4n) is 5.91. The molecular formula is C27H32N4O+2. The summed E-state index contributed by atoms with van der Waals surface area (Å²) in [6.07, 6.45) is 14.1. The molecule has 0 amide bonds. The Hall–Kier alpha value is -2.92. The van der Waals surface area contributed by atoms with Crippen molar-refractivity contribution >= 4 is 28.6 Å². The molecule has 0 atom stereocenters. The lowest BCUT2D eigenvalue weighted by atomic mass is 9.85. The van der Waals surface area contributed by atoms with E-state index >= 15 is 0 Å². The summed E-state index contributed by atoms with van der Waals surface area (Å²) in [5.41, 5.74) is 5.34. The van der Waals surface area contributed by atoms with Crippen molar-refractivity contribution in [1.82, 2.24) is 4.98 Å². The Morgan fingerprint density at radius 1 is 1.12 bits per heavy atom. The second-order valence-electron chi connectivity index (χ2n) is 9.81. The van der Waals surface area contributed by atoms with Crippen molar-refractivity contribution < 1.29 is 13.5 Å². The topological polar surface area (TPSA) is 33.1 Å². The predicted octanol–water partition coefficient (Wildman–Crippen LogP) is 4.55. The van der Waals surface area contributed by atoms with Crippen LogP contribution in [0.4, 0.5) is 5.69 Å². The van der Waals surface area contributed by atoms with Crippen LogP contribution in [0.25, 0.3) is 22.9 Å². The van der Waals surface area contributed by atoms with Crippen LogP contribution in [0, 0.1) is 5.92 Å². The number of nitrogens with zero attached hydrogens (tertiary/aromatic N) is 4. The van der Waals surface area contributed by atoms with Gasteiger partial charge in [0.2, 0.25) is 5.58 Å². The summed E-state index contributed by atoms with van der Waals surface area (Å²) in [6, 6.07) is 12.6. The van der Waals surface area contributed by atoms with Gasteiger partial charge in [-0.05, 0) is 55.0 Å². The van der Waals surface area contributed by atoms with Gasteiger partial charge in [-0.2, -0.15) is 0 Å². The molecule has 3 aromatic rings. The fraction of sp³-hybridized carbons (Fsp3) is 0.407. The summed E-state index contributed by atoms with van der Waals surface area (Å²) in [4.78, 5) is 7.12. The van der Waals surface area contributed by atoms with Crippen LogP contribution in [0.3, 0.4) is 0 Å². The highest BCUT2D eigenvalue weighted by Gasteiger charge is 2.39. The van der Waals surface area contributed by atoms with Crippen LogP contribution < -0.4 is 9.47 Å². The molecule has 7 rings (SSSR count). The monoisotopic (exact) mass is 428 g/mol. The van der Waals surface area contributed by atoms with Gasteiger partial charge in [0.05, 0.1) is 39.4 Å². The van der Waals surface area contributed by atoms with Crippen LogP contribution in [0.15, 0.2) is 59.3 Å². The molecule has 5 nitrogen and oxygen atoms in total. The number of piperidine rings is 3. The minimum absolute atomic E-state index is 0.647. The minimum Gasteiger partial charge on any atom is -0.411 e. The number of oxazole rings is 1. The summed E-state index contributed by atoms with van der Waals surface area (Å²) < 4.78 is 9.36. The number of pyridine rings is 1. The fourth-order valence-corrected chi connectivity index (χ4v) is 5.91. The minimum atomic E-state index is 0.647. The van der Waals surface area contributed by atoms with Gasteiger partial charge in [-0.3, -0.25) is 0 Å². The maximum Gasteiger partial charge on any atom is 0.370 e. The van der Waals surface area contributed by atoms with E-state index in [4.69, 9.17) is 9.40 Å². The van der Waals surface area contributed by atoms with Crippen LogP contribution in [-0.2, 0) is 7.05 Å². The second kappa shape index (κ2) is 7.89. The number of hydrogen-bond acceptors (Lipinski definition) is 3. The number of allylic oxidation sites excluding steroid dienone is 2. The number of aryl methyl sites for hydroxylation is 1. The maximum atomic E-state index is 5.99. The van der Waals surface area contributed by atoms with Gasteiger partial charge >= 0.3 is 11.5 Å². The molecular weight excluding hydrogens is 396 g/mol. The molecule has 0 saturated carbocycles. The summed E-state index contributed by atoms with van der Waals surface area (Å²) in [6.45, 7) is 6.62. The van der Waals surface area contributed by atoms with Crippen molar-refractivity contribution in [3.8, 4) is 0 Å². The number of fused-ring (bicyclic) bond motifs is 5. The summed E-state index contributed by atoms with van der Waals surface area (Å²) in [7, 11) is 1.99. The molecule has 3 saturated heterocycles. The van der Waals surface area contributed by atoms with Gasteiger partial charge in [0.25, 0.3) is 0 Å². The number of hydrogen-bond donors (Lipinski definition) is 0. The van der Waals surface area contributed by atoms with Crippen LogP contribution >= 0.6 is 0 Å². The summed E-state index contributed by atoms with van der Waals surface area (Å²) in [5.74, 6) is 1.68. The zero-order valence-corrected chi connectivity index (χ0v) is 18.9. The lowest BCUT2D eigenvalue weighted by Gasteiger charge is -2.49. The number of aromatic nitrogens is 2. The quantitative estimate of drug-likeness (QED) is 0.442. The van der Waals surface area contributed by atoms with Gasteiger partial charge in [-0.15, -0.1) is 0 Å². The maximum absolute atomic E-state index is 5.99. The van der Waals surface area contributed by atoms with Crippen molar-refractivity contribution in [3.63, 3.8) is 0 Å². The smallest absolute Gasteiger partial charge is 0.370 e. The number of para-hydroxylation sites is 1. The predicted molar refractivity (Wildman–Crippen MR) is 128 cm³/mol. The van der Waals surface area contributed by atoms with Crippen molar-refractivity contribution in [2.24, 2.45) is 13.0 Å². The number of rotatable bonds is 5. The van der Waals surface area contributed by atoms with E-state index in [1.807, 2.05) is 29.9 Å². The van der Waals surface area contributed by atoms with E-state index in [2.05, 4.69) is 47.5 Å². The number of anilines is 1. The molecule has 0 radical (unpaired) electrons. The highest BCUT2D eigenvalue weighted by molar-refractivity contribution is 5.94. The van der Waals surface area contributed by atoms with Gasteiger partial charge in [0.15, 0.2) is 0 Å². The van der Waals surface area contributed by atoms with Crippen molar-refractivity contribution in [1.29, 1.82) is 0 Å². The van der Waals surface area contributed by atoms with E-state index in [9.17, 15) is 0 Å². The van der Waals surface area contributed by atoms with E-state index in [1.165, 1.54) is 67.6 Å². The van der Waals surface area contributed by atoms with Gasteiger partial charge in [0, 0.05) is 41.5 Å². The van der Waals surface area contributed by atoms with Gasteiger partial charge in [-0.1, -0.05) is 18.2 Å². The Balaban J connectivity index is 1.21. The number of benzene rings is 1. The van der Waals surface area contributed by atoms with Crippen molar-refractivity contribution in [2.75, 3.05) is 37.6 Å². The number of quaternary nitrogens is 1. The van der Waals surface area contributed by atoms with Gasteiger partial charge in [0.1, 0.15) is 0 Å². The summed E-state index contributed by atoms with van der Waals surface area (Å²) >= 11 is 0. The Labute approximate surface area is 189 Å².